The van der Waals surface area contributed by atoms with E-state index in [-0.39, 0.29) is 18.3 Å². The molecule has 2 unspecified atom stereocenters. The number of likely N-dealkylation sites (N-methyl/N-ethyl adjacent to an activating group) is 1. The minimum atomic E-state index is -0.254. The van der Waals surface area contributed by atoms with Gasteiger partial charge in [0, 0.05) is 32.7 Å². The molecule has 3 aliphatic heterocycles. The molecule has 3 aliphatic rings. The lowest BCUT2D eigenvalue weighted by Crippen LogP contribution is -2.60. The highest BCUT2D eigenvalue weighted by atomic mass is 16.6. The fraction of sp³-hybridized carbons (Fsp3) is 0.875. The van der Waals surface area contributed by atoms with Gasteiger partial charge in [0.15, 0.2) is 6.23 Å². The van der Waals surface area contributed by atoms with Crippen molar-refractivity contribution in [1.82, 2.24) is 20.0 Å². The number of piperazine rings is 1. The highest BCUT2D eigenvalue weighted by molar-refractivity contribution is 5.71. The summed E-state index contributed by atoms with van der Waals surface area (Å²) in [5.74, 6) is 0.364. The fourth-order valence-corrected chi connectivity index (χ4v) is 3.98. The van der Waals surface area contributed by atoms with Crippen molar-refractivity contribution >= 4 is 12.1 Å². The van der Waals surface area contributed by atoms with Crippen molar-refractivity contribution in [2.75, 3.05) is 60.0 Å². The minimum Gasteiger partial charge on any atom is -0.468 e. The zero-order valence-electron chi connectivity index (χ0n) is 14.6. The van der Waals surface area contributed by atoms with Crippen molar-refractivity contribution in [3.8, 4) is 0 Å². The van der Waals surface area contributed by atoms with E-state index in [4.69, 9.17) is 9.47 Å². The van der Waals surface area contributed by atoms with Crippen LogP contribution in [0, 0.1) is 5.92 Å². The number of carbonyl (C=O) groups is 2. The van der Waals surface area contributed by atoms with Gasteiger partial charge in [0.25, 0.3) is 0 Å². The molecule has 0 radical (unpaired) electrons. The van der Waals surface area contributed by atoms with Crippen molar-refractivity contribution < 1.29 is 19.1 Å². The number of esters is 1. The maximum Gasteiger partial charge on any atom is 0.411 e. The molecule has 3 saturated heterocycles. The minimum absolute atomic E-state index is 0.174. The van der Waals surface area contributed by atoms with E-state index in [2.05, 4.69) is 15.1 Å². The lowest BCUT2D eigenvalue weighted by Gasteiger charge is -2.46. The Morgan fingerprint density at radius 2 is 2.04 bits per heavy atom. The Hall–Kier alpha value is -1.38. The summed E-state index contributed by atoms with van der Waals surface area (Å²) in [7, 11) is 3.20. The molecule has 0 aromatic rings. The Labute approximate surface area is 143 Å². The molecule has 1 N–H and O–H groups in total. The number of cyclic esters (lactones) is 1. The normalized spacial score (nSPS) is 30.4. The molecule has 1 amide bonds. The quantitative estimate of drug-likeness (QED) is 0.695. The average Bonchev–Trinajstić information content (AvgIpc) is 2.95. The van der Waals surface area contributed by atoms with Gasteiger partial charge in [-0.25, -0.2) is 4.79 Å². The molecular formula is C16H28N4O4. The number of carbonyl (C=O) groups excluding carboxylic acids is 2. The molecule has 8 nitrogen and oxygen atoms in total. The molecule has 2 atom stereocenters. The number of amides is 1. The third-order valence-electron chi connectivity index (χ3n) is 5.44. The second-order valence-corrected chi connectivity index (χ2v) is 6.92. The van der Waals surface area contributed by atoms with Crippen molar-refractivity contribution in [1.29, 1.82) is 0 Å². The summed E-state index contributed by atoms with van der Waals surface area (Å²) >= 11 is 0. The van der Waals surface area contributed by atoms with Crippen LogP contribution in [0.4, 0.5) is 4.79 Å². The molecule has 136 valence electrons. The van der Waals surface area contributed by atoms with Gasteiger partial charge >= 0.3 is 12.1 Å². The van der Waals surface area contributed by atoms with Crippen molar-refractivity contribution in [3.63, 3.8) is 0 Å². The van der Waals surface area contributed by atoms with Gasteiger partial charge in [0.1, 0.15) is 0 Å². The summed E-state index contributed by atoms with van der Waals surface area (Å²) in [6.07, 6.45) is 1.79. The largest absolute Gasteiger partial charge is 0.468 e. The van der Waals surface area contributed by atoms with E-state index in [0.717, 1.165) is 45.6 Å². The number of hydrogen-bond donors (Lipinski definition) is 1. The molecule has 0 aliphatic carbocycles. The number of ether oxygens (including phenoxy) is 2. The van der Waals surface area contributed by atoms with E-state index in [1.807, 2.05) is 0 Å². The maximum atomic E-state index is 11.8. The average molecular weight is 340 g/mol. The molecule has 0 bridgehead atoms. The van der Waals surface area contributed by atoms with E-state index in [0.29, 0.717) is 25.0 Å². The summed E-state index contributed by atoms with van der Waals surface area (Å²) < 4.78 is 10.3. The Morgan fingerprint density at radius 3 is 2.67 bits per heavy atom. The second-order valence-electron chi connectivity index (χ2n) is 6.92. The Bertz CT molecular complexity index is 469. The number of hydrogen-bond acceptors (Lipinski definition) is 7. The van der Waals surface area contributed by atoms with E-state index < -0.39 is 0 Å². The van der Waals surface area contributed by atoms with Crippen molar-refractivity contribution in [2.24, 2.45) is 5.92 Å². The molecular weight excluding hydrogens is 312 g/mol. The SMILES string of the molecule is COC(=O)CN1CCN(C2CN(C)C(=O)O2)CC1C1CCNCC1. The molecule has 3 rings (SSSR count). The van der Waals surface area contributed by atoms with Crippen LogP contribution in [0.5, 0.6) is 0 Å². The van der Waals surface area contributed by atoms with Gasteiger partial charge in [0.2, 0.25) is 0 Å². The summed E-state index contributed by atoms with van der Waals surface area (Å²) in [6, 6.07) is 0.296. The fourth-order valence-electron chi connectivity index (χ4n) is 3.98. The summed E-state index contributed by atoms with van der Waals surface area (Å²) in [6.45, 7) is 5.40. The van der Waals surface area contributed by atoms with Crippen LogP contribution in [0.2, 0.25) is 0 Å². The Morgan fingerprint density at radius 1 is 1.29 bits per heavy atom. The van der Waals surface area contributed by atoms with Crippen LogP contribution in [0.25, 0.3) is 0 Å². The Balaban J connectivity index is 1.67. The van der Waals surface area contributed by atoms with Gasteiger partial charge in [-0.3, -0.25) is 14.6 Å². The maximum absolute atomic E-state index is 11.8. The zero-order chi connectivity index (χ0) is 17.1. The summed E-state index contributed by atoms with van der Waals surface area (Å²) in [4.78, 5) is 29.5. The van der Waals surface area contributed by atoms with Crippen LogP contribution in [0.15, 0.2) is 0 Å². The highest BCUT2D eigenvalue weighted by Gasteiger charge is 2.40. The van der Waals surface area contributed by atoms with Crippen LogP contribution in [0.3, 0.4) is 0 Å². The van der Waals surface area contributed by atoms with Gasteiger partial charge in [-0.1, -0.05) is 0 Å². The van der Waals surface area contributed by atoms with Crippen LogP contribution in [-0.4, -0.2) is 99.0 Å². The van der Waals surface area contributed by atoms with Crippen molar-refractivity contribution in [3.05, 3.63) is 0 Å². The first kappa shape index (κ1) is 17.4. The van der Waals surface area contributed by atoms with Crippen LogP contribution >= 0.6 is 0 Å². The number of nitrogens with one attached hydrogen (secondary N) is 1. The summed E-state index contributed by atoms with van der Waals surface area (Å²) in [5, 5.41) is 3.40. The Kier molecular flexibility index (Phi) is 5.57. The lowest BCUT2D eigenvalue weighted by atomic mass is 9.87. The third kappa shape index (κ3) is 3.81. The van der Waals surface area contributed by atoms with Crippen molar-refractivity contribution in [2.45, 2.75) is 25.1 Å². The predicted octanol–water partition coefficient (Wildman–Crippen LogP) is -0.447. The molecule has 8 heteroatoms. The number of methoxy groups -OCH3 is 1. The van der Waals surface area contributed by atoms with Crippen LogP contribution in [0.1, 0.15) is 12.8 Å². The number of rotatable bonds is 4. The van der Waals surface area contributed by atoms with E-state index >= 15 is 0 Å². The predicted molar refractivity (Wildman–Crippen MR) is 87.4 cm³/mol. The van der Waals surface area contributed by atoms with Gasteiger partial charge < -0.3 is 19.7 Å². The standard InChI is InChI=1S/C16H28N4O4/c1-18-10-14(24-16(18)22)20-8-7-19(11-15(21)23-2)13(9-20)12-3-5-17-6-4-12/h12-14,17H,3-11H2,1-2H3. The van der Waals surface area contributed by atoms with Gasteiger partial charge in [-0.2, -0.15) is 0 Å². The molecule has 24 heavy (non-hydrogen) atoms. The first-order valence-electron chi connectivity index (χ1n) is 8.76. The van der Waals surface area contributed by atoms with E-state index in [9.17, 15) is 9.59 Å². The molecule has 0 saturated carbocycles. The highest BCUT2D eigenvalue weighted by Crippen LogP contribution is 2.27. The van der Waals surface area contributed by atoms with Crippen LogP contribution < -0.4 is 5.32 Å². The topological polar surface area (TPSA) is 74.4 Å². The van der Waals surface area contributed by atoms with Crippen LogP contribution in [-0.2, 0) is 14.3 Å². The van der Waals surface area contributed by atoms with Gasteiger partial charge in [-0.05, 0) is 31.8 Å². The number of nitrogens with zero attached hydrogens (tertiary/aromatic N) is 3. The van der Waals surface area contributed by atoms with Gasteiger partial charge in [-0.15, -0.1) is 0 Å². The zero-order valence-corrected chi connectivity index (χ0v) is 14.6. The third-order valence-corrected chi connectivity index (χ3v) is 5.44. The lowest BCUT2D eigenvalue weighted by molar-refractivity contribution is -0.144. The monoisotopic (exact) mass is 340 g/mol. The molecule has 3 heterocycles. The van der Waals surface area contributed by atoms with Gasteiger partial charge in [0.05, 0.1) is 20.2 Å². The first-order chi connectivity index (χ1) is 11.6. The van der Waals surface area contributed by atoms with E-state index in [1.54, 1.807) is 11.9 Å². The molecule has 0 aromatic carbocycles. The van der Waals surface area contributed by atoms with E-state index in [1.165, 1.54) is 7.11 Å². The second kappa shape index (κ2) is 7.67. The molecule has 0 spiro atoms. The molecule has 0 aromatic heterocycles. The number of piperidine rings is 1. The smallest absolute Gasteiger partial charge is 0.411 e. The first-order valence-corrected chi connectivity index (χ1v) is 8.76. The molecule has 3 fully saturated rings. The summed E-state index contributed by atoms with van der Waals surface area (Å²) in [5.41, 5.74) is 0.